The summed E-state index contributed by atoms with van der Waals surface area (Å²) in [5.41, 5.74) is 15.2. The van der Waals surface area contributed by atoms with Crippen molar-refractivity contribution in [2.45, 2.75) is 20.6 Å². The van der Waals surface area contributed by atoms with Crippen molar-refractivity contribution in [3.05, 3.63) is 257 Å². The Kier molecular flexibility index (Phi) is 7.30. The highest BCUT2D eigenvalue weighted by Crippen LogP contribution is 2.64. The van der Waals surface area contributed by atoms with Crippen LogP contribution in [0.15, 0.2) is 222 Å². The molecule has 1 aliphatic heterocycles. The first-order valence-corrected chi connectivity index (χ1v) is 19.8. The Bertz CT molecular complexity index is 2800. The number of aromatic nitrogens is 1. The molecular weight excluding hydrogens is 683 g/mol. The van der Waals surface area contributed by atoms with Gasteiger partial charge < -0.3 is 0 Å². The van der Waals surface area contributed by atoms with Crippen LogP contribution in [0.1, 0.15) is 44.5 Å². The molecule has 0 spiro atoms. The minimum absolute atomic E-state index is 0.518. The molecule has 11 rings (SSSR count). The van der Waals surface area contributed by atoms with Crippen molar-refractivity contribution in [1.82, 2.24) is 4.98 Å². The molecule has 0 atom stereocenters. The van der Waals surface area contributed by atoms with Gasteiger partial charge in [0.15, 0.2) is 0 Å². The normalized spacial score (nSPS) is 14.4. The van der Waals surface area contributed by atoms with Crippen molar-refractivity contribution in [1.29, 1.82) is 0 Å². The van der Waals surface area contributed by atoms with Crippen LogP contribution in [0.3, 0.4) is 0 Å². The van der Waals surface area contributed by atoms with Gasteiger partial charge in [0.05, 0.1) is 16.3 Å². The summed E-state index contributed by atoms with van der Waals surface area (Å²) < 4.78 is 0. The highest BCUT2D eigenvalue weighted by atomic mass is 32.2. The molecule has 1 aliphatic carbocycles. The highest BCUT2D eigenvalue weighted by Gasteiger charge is 2.51. The molecule has 55 heavy (non-hydrogen) atoms. The molecule has 2 aliphatic rings. The molecule has 0 unspecified atom stereocenters. The van der Waals surface area contributed by atoms with Crippen molar-refractivity contribution < 1.29 is 0 Å². The van der Waals surface area contributed by atoms with E-state index in [9.17, 15) is 0 Å². The van der Waals surface area contributed by atoms with E-state index < -0.39 is 10.8 Å². The Morgan fingerprint density at radius 1 is 0.382 bits per heavy atom. The summed E-state index contributed by atoms with van der Waals surface area (Å²) in [4.78, 5) is 7.33. The standard InChI is InChI=1S/C53H35NS/c1-5-17-37(18-6-1)52(38-19-7-2-8-20-38)44-26-14-16-28-49(44)55-51-46(52)32-31-45-50(51)43-30-29-36(41-33-34-54-48-27-15-13-25-42(41)48)35-47(43)53(45,39-21-9-3-10-22-39)40-23-11-4-12-24-40/h1-35H. The third kappa shape index (κ3) is 4.52. The Hall–Kier alpha value is -6.48. The lowest BCUT2D eigenvalue weighted by Crippen LogP contribution is -2.34. The van der Waals surface area contributed by atoms with Gasteiger partial charge in [0.25, 0.3) is 0 Å². The first kappa shape index (κ1) is 32.0. The van der Waals surface area contributed by atoms with E-state index >= 15 is 0 Å². The number of hydrogen-bond acceptors (Lipinski definition) is 2. The van der Waals surface area contributed by atoms with Gasteiger partial charge in [0, 0.05) is 26.9 Å². The third-order valence-corrected chi connectivity index (χ3v) is 13.2. The van der Waals surface area contributed by atoms with Crippen LogP contribution in [0.2, 0.25) is 0 Å². The topological polar surface area (TPSA) is 12.9 Å². The Morgan fingerprint density at radius 2 is 0.909 bits per heavy atom. The van der Waals surface area contributed by atoms with Gasteiger partial charge in [-0.1, -0.05) is 194 Å². The van der Waals surface area contributed by atoms with E-state index in [1.807, 2.05) is 18.0 Å². The van der Waals surface area contributed by atoms with Gasteiger partial charge in [-0.25, -0.2) is 0 Å². The fourth-order valence-electron chi connectivity index (χ4n) is 9.75. The van der Waals surface area contributed by atoms with Gasteiger partial charge in [-0.3, -0.25) is 4.98 Å². The van der Waals surface area contributed by atoms with Gasteiger partial charge in [0.2, 0.25) is 0 Å². The molecule has 0 amide bonds. The van der Waals surface area contributed by atoms with Crippen molar-refractivity contribution in [2.24, 2.45) is 0 Å². The first-order chi connectivity index (χ1) is 27.3. The molecule has 0 saturated carbocycles. The monoisotopic (exact) mass is 717 g/mol. The maximum atomic E-state index is 4.72. The number of benzene rings is 8. The summed E-state index contributed by atoms with van der Waals surface area (Å²) in [6, 6.07) is 76.4. The van der Waals surface area contributed by atoms with Crippen molar-refractivity contribution in [3.63, 3.8) is 0 Å². The van der Waals surface area contributed by atoms with E-state index in [2.05, 4.69) is 206 Å². The zero-order valence-electron chi connectivity index (χ0n) is 30.1. The smallest absolute Gasteiger partial charge is 0.0723 e. The Morgan fingerprint density at radius 3 is 1.55 bits per heavy atom. The van der Waals surface area contributed by atoms with Crippen molar-refractivity contribution in [3.8, 4) is 22.3 Å². The molecule has 9 aromatic rings. The Labute approximate surface area is 326 Å². The SMILES string of the molecule is c1ccc(C2(c3ccccc3)c3ccccc3Sc3c2ccc2c3-c3ccc(-c4ccnc5ccccc45)cc3C2(c2ccccc2)c2ccccc2)cc1. The van der Waals surface area contributed by atoms with Crippen molar-refractivity contribution >= 4 is 22.7 Å². The second kappa shape index (κ2) is 12.6. The lowest BCUT2D eigenvalue weighted by Gasteiger charge is -2.43. The predicted octanol–water partition coefficient (Wildman–Crippen LogP) is 13.1. The zero-order chi connectivity index (χ0) is 36.4. The summed E-state index contributed by atoms with van der Waals surface area (Å²) in [5.74, 6) is 0. The first-order valence-electron chi connectivity index (χ1n) is 19.0. The summed E-state index contributed by atoms with van der Waals surface area (Å²) in [6.07, 6.45) is 1.94. The number of para-hydroxylation sites is 1. The number of fused-ring (bicyclic) bond motifs is 7. The second-order valence-electron chi connectivity index (χ2n) is 14.6. The van der Waals surface area contributed by atoms with Crippen LogP contribution in [0, 0.1) is 0 Å². The summed E-state index contributed by atoms with van der Waals surface area (Å²) in [7, 11) is 0. The molecule has 8 aromatic carbocycles. The molecule has 2 heteroatoms. The van der Waals surface area contributed by atoms with Crippen LogP contribution in [-0.4, -0.2) is 4.98 Å². The average molecular weight is 718 g/mol. The van der Waals surface area contributed by atoms with Gasteiger partial charge in [0.1, 0.15) is 0 Å². The predicted molar refractivity (Wildman–Crippen MR) is 227 cm³/mol. The van der Waals surface area contributed by atoms with Crippen LogP contribution < -0.4 is 0 Å². The zero-order valence-corrected chi connectivity index (χ0v) is 30.9. The van der Waals surface area contributed by atoms with Crippen molar-refractivity contribution in [2.75, 3.05) is 0 Å². The maximum absolute atomic E-state index is 4.72. The molecule has 0 radical (unpaired) electrons. The van der Waals surface area contributed by atoms with Crippen LogP contribution in [0.4, 0.5) is 0 Å². The minimum Gasteiger partial charge on any atom is -0.256 e. The fraction of sp³-hybridized carbons (Fsp3) is 0.0377. The van der Waals surface area contributed by atoms with E-state index in [0.717, 1.165) is 10.9 Å². The number of nitrogens with zero attached hydrogens (tertiary/aromatic N) is 1. The van der Waals surface area contributed by atoms with Crippen LogP contribution in [0.5, 0.6) is 0 Å². The summed E-state index contributed by atoms with van der Waals surface area (Å²) in [6.45, 7) is 0. The molecule has 0 bridgehead atoms. The second-order valence-corrected chi connectivity index (χ2v) is 15.6. The number of pyridine rings is 1. The molecule has 1 nitrogen and oxygen atoms in total. The highest BCUT2D eigenvalue weighted by molar-refractivity contribution is 7.99. The molecule has 0 saturated heterocycles. The van der Waals surface area contributed by atoms with Gasteiger partial charge in [-0.15, -0.1) is 0 Å². The van der Waals surface area contributed by atoms with Crippen LogP contribution in [-0.2, 0) is 10.8 Å². The lowest BCUT2D eigenvalue weighted by atomic mass is 9.63. The lowest BCUT2D eigenvalue weighted by molar-refractivity contribution is 0.699. The summed E-state index contributed by atoms with van der Waals surface area (Å²) >= 11 is 1.93. The van der Waals surface area contributed by atoms with Gasteiger partial charge >= 0.3 is 0 Å². The molecule has 1 aromatic heterocycles. The van der Waals surface area contributed by atoms with E-state index in [4.69, 9.17) is 4.98 Å². The number of rotatable bonds is 5. The maximum Gasteiger partial charge on any atom is 0.0723 e. The molecule has 258 valence electrons. The molecule has 0 N–H and O–H groups in total. The molecule has 2 heterocycles. The van der Waals surface area contributed by atoms with Crippen LogP contribution in [0.25, 0.3) is 33.2 Å². The fourth-order valence-corrected chi connectivity index (χ4v) is 11.1. The minimum atomic E-state index is -0.555. The van der Waals surface area contributed by atoms with Gasteiger partial charge in [-0.2, -0.15) is 0 Å². The molecular formula is C53H35NS. The number of hydrogen-bond donors (Lipinski definition) is 0. The average Bonchev–Trinajstić information content (AvgIpc) is 3.57. The van der Waals surface area contributed by atoms with Gasteiger partial charge in [-0.05, 0) is 85.5 Å². The largest absolute Gasteiger partial charge is 0.256 e. The third-order valence-electron chi connectivity index (χ3n) is 11.9. The molecule has 0 fully saturated rings. The van der Waals surface area contributed by atoms with E-state index in [1.54, 1.807) is 0 Å². The van der Waals surface area contributed by atoms with E-state index in [1.165, 1.54) is 76.6 Å². The quantitative estimate of drug-likeness (QED) is 0.176. The van der Waals surface area contributed by atoms with E-state index in [0.29, 0.717) is 0 Å². The van der Waals surface area contributed by atoms with E-state index in [-0.39, 0.29) is 0 Å². The van der Waals surface area contributed by atoms with Crippen LogP contribution >= 0.6 is 11.8 Å². The Balaban J connectivity index is 1.29. The summed E-state index contributed by atoms with van der Waals surface area (Å²) in [5, 5.41) is 1.16.